The lowest BCUT2D eigenvalue weighted by molar-refractivity contribution is -0.123. The third kappa shape index (κ3) is 5.95. The quantitative estimate of drug-likeness (QED) is 0.223. The summed E-state index contributed by atoms with van der Waals surface area (Å²) in [5.41, 5.74) is 3.07. The minimum atomic E-state index is -0.501. The first-order valence-electron chi connectivity index (χ1n) is 11.3. The molecule has 0 atom stereocenters. The van der Waals surface area contributed by atoms with Crippen LogP contribution in [-0.2, 0) is 4.79 Å². The van der Waals surface area contributed by atoms with E-state index in [2.05, 4.69) is 0 Å². The van der Waals surface area contributed by atoms with Gasteiger partial charge < -0.3 is 14.2 Å². The number of aryl methyl sites for hydroxylation is 2. The maximum atomic E-state index is 12.8. The van der Waals surface area contributed by atoms with Crippen molar-refractivity contribution in [3.8, 4) is 17.2 Å². The van der Waals surface area contributed by atoms with Crippen LogP contribution in [0.2, 0.25) is 0 Å². The van der Waals surface area contributed by atoms with E-state index in [-0.39, 0.29) is 30.0 Å². The van der Waals surface area contributed by atoms with Gasteiger partial charge in [0.25, 0.3) is 11.1 Å². The summed E-state index contributed by atoms with van der Waals surface area (Å²) in [6.45, 7) is 4.20. The van der Waals surface area contributed by atoms with E-state index >= 15 is 0 Å². The van der Waals surface area contributed by atoms with Gasteiger partial charge >= 0.3 is 5.97 Å². The van der Waals surface area contributed by atoms with Gasteiger partial charge in [0.15, 0.2) is 11.5 Å². The molecule has 0 saturated carbocycles. The largest absolute Gasteiger partial charge is 0.493 e. The van der Waals surface area contributed by atoms with Crippen LogP contribution in [0.3, 0.4) is 0 Å². The minimum absolute atomic E-state index is 0.146. The van der Waals surface area contributed by atoms with Crippen LogP contribution in [0.4, 0.5) is 4.79 Å². The highest BCUT2D eigenvalue weighted by Gasteiger charge is 2.34. The van der Waals surface area contributed by atoms with Gasteiger partial charge in [-0.15, -0.1) is 0 Å². The molecule has 3 aromatic rings. The second-order valence-electron chi connectivity index (χ2n) is 8.17. The number of carbonyl (C=O) groups excluding carboxylic acids is 3. The van der Waals surface area contributed by atoms with Crippen molar-refractivity contribution in [1.82, 2.24) is 4.90 Å². The topological polar surface area (TPSA) is 82.1 Å². The highest BCUT2D eigenvalue weighted by Crippen LogP contribution is 2.34. The van der Waals surface area contributed by atoms with Crippen molar-refractivity contribution < 1.29 is 28.6 Å². The van der Waals surface area contributed by atoms with Crippen LogP contribution in [0.5, 0.6) is 17.2 Å². The number of hydrogen-bond donors (Lipinski definition) is 0. The first-order valence-corrected chi connectivity index (χ1v) is 12.1. The van der Waals surface area contributed by atoms with Gasteiger partial charge in [-0.1, -0.05) is 35.9 Å². The Balaban J connectivity index is 1.43. The van der Waals surface area contributed by atoms with E-state index < -0.39 is 5.97 Å². The lowest BCUT2D eigenvalue weighted by Crippen LogP contribution is -2.32. The molecule has 1 saturated heterocycles. The molecule has 0 unspecified atom stereocenters. The summed E-state index contributed by atoms with van der Waals surface area (Å²) in [5, 5.41) is -0.352. The summed E-state index contributed by atoms with van der Waals surface area (Å²) in [4.78, 5) is 39.2. The Labute approximate surface area is 213 Å². The standard InChI is InChI=1S/C28H25NO6S/c1-18-6-4-8-21(14-18)27(31)35-23-11-10-20(16-24(23)33-3)17-25-26(30)29(28(32)36-25)12-13-34-22-9-5-7-19(2)15-22/h4-11,14-17H,12-13H2,1-3H3/b25-17-. The summed E-state index contributed by atoms with van der Waals surface area (Å²) in [5.74, 6) is 0.386. The van der Waals surface area contributed by atoms with Gasteiger partial charge in [0.1, 0.15) is 12.4 Å². The molecule has 7 nitrogen and oxygen atoms in total. The average Bonchev–Trinajstić information content (AvgIpc) is 3.12. The van der Waals surface area contributed by atoms with Crippen LogP contribution in [0.15, 0.2) is 71.6 Å². The lowest BCUT2D eigenvalue weighted by Gasteiger charge is -2.13. The van der Waals surface area contributed by atoms with Crippen LogP contribution >= 0.6 is 11.8 Å². The molecule has 2 amide bonds. The molecule has 0 spiro atoms. The molecule has 4 rings (SSSR count). The Bertz CT molecular complexity index is 1350. The fraction of sp³-hybridized carbons (Fsp3) is 0.179. The number of rotatable bonds is 8. The van der Waals surface area contributed by atoms with E-state index in [9.17, 15) is 14.4 Å². The number of imide groups is 1. The van der Waals surface area contributed by atoms with Gasteiger partial charge in [-0.3, -0.25) is 14.5 Å². The van der Waals surface area contributed by atoms with Crippen molar-refractivity contribution in [3.05, 3.63) is 93.9 Å². The fourth-order valence-electron chi connectivity index (χ4n) is 3.59. The molecular formula is C28H25NO6S. The van der Waals surface area contributed by atoms with Gasteiger partial charge in [-0.2, -0.15) is 0 Å². The maximum Gasteiger partial charge on any atom is 0.343 e. The van der Waals surface area contributed by atoms with Gasteiger partial charge in [-0.25, -0.2) is 4.79 Å². The molecule has 1 fully saturated rings. The molecule has 0 N–H and O–H groups in total. The average molecular weight is 504 g/mol. The number of ether oxygens (including phenoxy) is 3. The summed E-state index contributed by atoms with van der Waals surface area (Å²) >= 11 is 0.869. The molecule has 0 bridgehead atoms. The molecular weight excluding hydrogens is 478 g/mol. The third-order valence-corrected chi connectivity index (χ3v) is 6.30. The molecule has 0 radical (unpaired) electrons. The van der Waals surface area contributed by atoms with Crippen LogP contribution in [0, 0.1) is 13.8 Å². The molecule has 8 heteroatoms. The van der Waals surface area contributed by atoms with Gasteiger partial charge in [-0.05, 0) is 79.2 Å². The van der Waals surface area contributed by atoms with Crippen molar-refractivity contribution in [2.45, 2.75) is 13.8 Å². The molecule has 1 aliphatic heterocycles. The van der Waals surface area contributed by atoms with E-state index in [0.717, 1.165) is 22.9 Å². The fourth-order valence-corrected chi connectivity index (χ4v) is 4.46. The molecule has 1 heterocycles. The molecule has 0 aliphatic carbocycles. The third-order valence-electron chi connectivity index (χ3n) is 5.39. The molecule has 36 heavy (non-hydrogen) atoms. The summed E-state index contributed by atoms with van der Waals surface area (Å²) in [6.07, 6.45) is 1.61. The van der Waals surface area contributed by atoms with Crippen molar-refractivity contribution in [2.75, 3.05) is 20.3 Å². The zero-order valence-electron chi connectivity index (χ0n) is 20.1. The second-order valence-corrected chi connectivity index (χ2v) is 9.16. The second kappa shape index (κ2) is 11.1. The van der Waals surface area contributed by atoms with Crippen molar-refractivity contribution in [1.29, 1.82) is 0 Å². The smallest absolute Gasteiger partial charge is 0.343 e. The Morgan fingerprint density at radius 3 is 2.42 bits per heavy atom. The number of methoxy groups -OCH3 is 1. The predicted octanol–water partition coefficient (Wildman–Crippen LogP) is 5.65. The SMILES string of the molecule is COc1cc(/C=C2\SC(=O)N(CCOc3cccc(C)c3)C2=O)ccc1OC(=O)c1cccc(C)c1. The number of benzene rings is 3. The number of hydrogen-bond acceptors (Lipinski definition) is 7. The number of esters is 1. The lowest BCUT2D eigenvalue weighted by atomic mass is 10.1. The Morgan fingerprint density at radius 2 is 1.69 bits per heavy atom. The monoisotopic (exact) mass is 503 g/mol. The Kier molecular flexibility index (Phi) is 7.75. The summed E-state index contributed by atoms with van der Waals surface area (Å²) < 4.78 is 16.6. The normalized spacial score (nSPS) is 14.3. The number of nitrogens with zero attached hydrogens (tertiary/aromatic N) is 1. The minimum Gasteiger partial charge on any atom is -0.493 e. The van der Waals surface area contributed by atoms with E-state index in [1.54, 1.807) is 42.5 Å². The van der Waals surface area contributed by atoms with E-state index in [0.29, 0.717) is 27.5 Å². The van der Waals surface area contributed by atoms with E-state index in [4.69, 9.17) is 14.2 Å². The highest BCUT2D eigenvalue weighted by molar-refractivity contribution is 8.18. The van der Waals surface area contributed by atoms with Crippen LogP contribution in [-0.4, -0.2) is 42.3 Å². The number of thioether (sulfide) groups is 1. The number of carbonyl (C=O) groups is 3. The van der Waals surface area contributed by atoms with Crippen LogP contribution in [0.25, 0.3) is 6.08 Å². The van der Waals surface area contributed by atoms with Crippen LogP contribution < -0.4 is 14.2 Å². The van der Waals surface area contributed by atoms with Gasteiger partial charge in [0.2, 0.25) is 0 Å². The Morgan fingerprint density at radius 1 is 0.944 bits per heavy atom. The molecule has 3 aromatic carbocycles. The zero-order chi connectivity index (χ0) is 25.7. The van der Waals surface area contributed by atoms with E-state index in [1.165, 1.54) is 12.0 Å². The molecule has 184 valence electrons. The first-order chi connectivity index (χ1) is 17.3. The summed E-state index contributed by atoms with van der Waals surface area (Å²) in [7, 11) is 1.46. The maximum absolute atomic E-state index is 12.8. The molecule has 0 aromatic heterocycles. The number of amides is 2. The van der Waals surface area contributed by atoms with Crippen molar-refractivity contribution in [3.63, 3.8) is 0 Å². The van der Waals surface area contributed by atoms with Crippen LogP contribution in [0.1, 0.15) is 27.0 Å². The molecule has 1 aliphatic rings. The summed E-state index contributed by atoms with van der Waals surface area (Å²) in [6, 6.07) is 19.6. The van der Waals surface area contributed by atoms with Gasteiger partial charge in [0, 0.05) is 0 Å². The van der Waals surface area contributed by atoms with Crippen molar-refractivity contribution >= 4 is 35.0 Å². The van der Waals surface area contributed by atoms with Gasteiger partial charge in [0.05, 0.1) is 24.1 Å². The highest BCUT2D eigenvalue weighted by atomic mass is 32.2. The first kappa shape index (κ1) is 25.1. The van der Waals surface area contributed by atoms with Crippen molar-refractivity contribution in [2.24, 2.45) is 0 Å². The zero-order valence-corrected chi connectivity index (χ0v) is 21.0. The van der Waals surface area contributed by atoms with E-state index in [1.807, 2.05) is 44.2 Å². The Hall–Kier alpha value is -4.04. The predicted molar refractivity (Wildman–Crippen MR) is 138 cm³/mol.